The van der Waals surface area contributed by atoms with Crippen molar-refractivity contribution in [2.45, 2.75) is 88.8 Å². The van der Waals surface area contributed by atoms with E-state index in [2.05, 4.69) is 31.9 Å². The van der Waals surface area contributed by atoms with Crippen molar-refractivity contribution in [2.24, 2.45) is 11.3 Å². The van der Waals surface area contributed by atoms with Crippen molar-refractivity contribution in [3.63, 3.8) is 0 Å². The van der Waals surface area contributed by atoms with Crippen LogP contribution < -0.4 is 24.8 Å². The van der Waals surface area contributed by atoms with E-state index in [9.17, 15) is 32.7 Å². The Bertz CT molecular complexity index is 1790. The van der Waals surface area contributed by atoms with E-state index in [0.717, 1.165) is 0 Å². The molecular weight excluding hydrogens is 644 g/mol. The molecule has 5 rings (SSSR count). The minimum atomic E-state index is -4.00. The van der Waals surface area contributed by atoms with Gasteiger partial charge in [0, 0.05) is 18.4 Å². The molecule has 3 aliphatic rings. The zero-order chi connectivity index (χ0) is 35.4. The maximum atomic E-state index is 14.1. The summed E-state index contributed by atoms with van der Waals surface area (Å²) in [6.45, 7) is 11.9. The lowest BCUT2D eigenvalue weighted by atomic mass is 9.85. The summed E-state index contributed by atoms with van der Waals surface area (Å²) in [7, 11) is -2.47. The lowest BCUT2D eigenvalue weighted by molar-refractivity contribution is -0.142. The van der Waals surface area contributed by atoms with Gasteiger partial charge in [-0.2, -0.15) is 0 Å². The van der Waals surface area contributed by atoms with Crippen molar-refractivity contribution in [1.82, 2.24) is 30.2 Å². The molecule has 1 aliphatic heterocycles. The van der Waals surface area contributed by atoms with Crippen LogP contribution in [0.4, 0.5) is 4.79 Å². The van der Waals surface area contributed by atoms with Gasteiger partial charge in [0.15, 0.2) is 0 Å². The van der Waals surface area contributed by atoms with Crippen molar-refractivity contribution in [3.05, 3.63) is 36.5 Å². The first kappa shape index (κ1) is 34.9. The van der Waals surface area contributed by atoms with Crippen LogP contribution in [-0.2, 0) is 24.4 Å². The number of carbonyl (C=O) groups excluding carboxylic acids is 3. The number of methoxy groups -OCH3 is 1. The van der Waals surface area contributed by atoms with Crippen LogP contribution in [0, 0.1) is 18.3 Å². The fourth-order valence-electron chi connectivity index (χ4n) is 5.93. The molecule has 5 atom stereocenters. The number of sulfonamides is 1. The number of ether oxygens (including phenoxy) is 2. The summed E-state index contributed by atoms with van der Waals surface area (Å²) in [6, 6.07) is 2.77. The summed E-state index contributed by atoms with van der Waals surface area (Å²) in [4.78, 5) is 63.6. The van der Waals surface area contributed by atoms with E-state index < -0.39 is 73.6 Å². The number of carboxylic acid groups (broad SMARTS) is 1. The summed E-state index contributed by atoms with van der Waals surface area (Å²) in [6.07, 6.45) is 0.176. The molecular formula is C32H42N6O9S. The Balaban J connectivity index is 1.44. The maximum absolute atomic E-state index is 14.1. The Kier molecular flexibility index (Phi) is 8.86. The first-order valence-electron chi connectivity index (χ1n) is 15.6. The molecule has 1 aromatic carbocycles. The molecule has 2 saturated carbocycles. The molecule has 16 heteroatoms. The van der Waals surface area contributed by atoms with Crippen LogP contribution in [0.2, 0.25) is 0 Å². The average Bonchev–Trinajstić information content (AvgIpc) is 3.89. The van der Waals surface area contributed by atoms with Crippen LogP contribution in [0.25, 0.3) is 11.0 Å². The molecule has 260 valence electrons. The second kappa shape index (κ2) is 12.2. The van der Waals surface area contributed by atoms with E-state index in [0.29, 0.717) is 35.3 Å². The average molecular weight is 687 g/mol. The summed E-state index contributed by atoms with van der Waals surface area (Å²) in [5.74, 6) is -2.08. The Morgan fingerprint density at radius 3 is 2.42 bits per heavy atom. The predicted molar refractivity (Wildman–Crippen MR) is 174 cm³/mol. The minimum Gasteiger partial charge on any atom is -0.497 e. The molecule has 0 radical (unpaired) electrons. The lowest BCUT2D eigenvalue weighted by Gasteiger charge is -2.35. The number of hydrogen-bond donors (Lipinski definition) is 4. The Morgan fingerprint density at radius 2 is 1.85 bits per heavy atom. The fraction of sp³-hybridized carbons (Fsp3) is 0.562. The first-order chi connectivity index (χ1) is 22.3. The Morgan fingerprint density at radius 1 is 1.17 bits per heavy atom. The van der Waals surface area contributed by atoms with Crippen LogP contribution in [-0.4, -0.2) is 94.3 Å². The smallest absolute Gasteiger partial charge is 0.405 e. The van der Waals surface area contributed by atoms with Crippen molar-refractivity contribution >= 4 is 44.9 Å². The zero-order valence-corrected chi connectivity index (χ0v) is 28.6. The number of hydrogen-bond acceptors (Lipinski definition) is 10. The molecule has 2 heterocycles. The molecule has 1 saturated heterocycles. The second-order valence-electron chi connectivity index (χ2n) is 14.1. The molecule has 2 aromatic rings. The summed E-state index contributed by atoms with van der Waals surface area (Å²) >= 11 is 0. The fourth-order valence-corrected chi connectivity index (χ4v) is 7.25. The van der Waals surface area contributed by atoms with Gasteiger partial charge in [-0.1, -0.05) is 26.8 Å². The number of rotatable bonds is 11. The summed E-state index contributed by atoms with van der Waals surface area (Å²) < 4.78 is 38.4. The minimum absolute atomic E-state index is 0.0361. The number of fused-ring (bicyclic) bond motifs is 1. The molecule has 2 aliphatic carbocycles. The highest BCUT2D eigenvalue weighted by Gasteiger charge is 2.63. The second-order valence-corrected chi connectivity index (χ2v) is 16.3. The molecule has 0 unspecified atom stereocenters. The number of nitrogens with one attached hydrogen (secondary N) is 3. The van der Waals surface area contributed by atoms with Gasteiger partial charge in [0.25, 0.3) is 5.91 Å². The predicted octanol–water partition coefficient (Wildman–Crippen LogP) is 2.04. The number of carbonyl (C=O) groups is 4. The number of benzene rings is 1. The molecule has 15 nitrogen and oxygen atoms in total. The standard InChI is InChI=1S/C32H42N6O9S/c1-8-18-15-32(18,28(41)37-48(44,45)31(6)11-12-31)36-25(39)23-14-20(16-38(23)27(40)24(30(3,4)5)35-29(42)43)47-26-17(2)33-21-10-9-19(46-7)13-22(21)34-26/h8-10,13,18,20,23-24,35H,1,11-12,14-16H2,2-7H3,(H,36,39)(H,37,41)(H,42,43)/t18-,20-,23+,24-,32-/m1/s1. The van der Waals surface area contributed by atoms with Gasteiger partial charge in [-0.3, -0.25) is 19.1 Å². The van der Waals surface area contributed by atoms with Crippen LogP contribution >= 0.6 is 0 Å². The van der Waals surface area contributed by atoms with E-state index in [4.69, 9.17) is 9.47 Å². The van der Waals surface area contributed by atoms with E-state index in [1.54, 1.807) is 52.8 Å². The van der Waals surface area contributed by atoms with Crippen LogP contribution in [0.15, 0.2) is 30.9 Å². The van der Waals surface area contributed by atoms with Crippen molar-refractivity contribution in [1.29, 1.82) is 0 Å². The number of amides is 4. The first-order valence-corrected chi connectivity index (χ1v) is 17.1. The highest BCUT2D eigenvalue weighted by molar-refractivity contribution is 7.91. The SMILES string of the molecule is C=C[C@@H]1C[C@]1(NC(=O)[C@@H]1C[C@@H](Oc2nc3cc(OC)ccc3nc2C)CN1C(=O)[C@@H](NC(=O)O)C(C)(C)C)C(=O)NS(=O)(=O)C1(C)CC1. The van der Waals surface area contributed by atoms with Crippen LogP contribution in [0.5, 0.6) is 11.6 Å². The zero-order valence-electron chi connectivity index (χ0n) is 27.8. The molecule has 4 N–H and O–H groups in total. The third kappa shape index (κ3) is 6.62. The number of nitrogens with zero attached hydrogens (tertiary/aromatic N) is 3. The third-order valence-corrected chi connectivity index (χ3v) is 11.6. The van der Waals surface area contributed by atoms with E-state index >= 15 is 0 Å². The van der Waals surface area contributed by atoms with Gasteiger partial charge >= 0.3 is 6.09 Å². The van der Waals surface area contributed by atoms with Gasteiger partial charge in [0.05, 0.1) is 29.4 Å². The Labute approximate surface area is 278 Å². The molecule has 48 heavy (non-hydrogen) atoms. The molecule has 1 aromatic heterocycles. The van der Waals surface area contributed by atoms with Crippen LogP contribution in [0.1, 0.15) is 59.1 Å². The topological polar surface area (TPSA) is 206 Å². The van der Waals surface area contributed by atoms with Gasteiger partial charge in [0.1, 0.15) is 35.2 Å². The van der Waals surface area contributed by atoms with Crippen molar-refractivity contribution < 1.29 is 42.2 Å². The molecule has 3 fully saturated rings. The van der Waals surface area contributed by atoms with E-state index in [-0.39, 0.29) is 25.3 Å². The highest BCUT2D eigenvalue weighted by atomic mass is 32.2. The monoisotopic (exact) mass is 686 g/mol. The molecule has 0 bridgehead atoms. The lowest BCUT2D eigenvalue weighted by Crippen LogP contribution is -2.60. The number of aryl methyl sites for hydroxylation is 1. The maximum Gasteiger partial charge on any atom is 0.405 e. The summed E-state index contributed by atoms with van der Waals surface area (Å²) in [5, 5.41) is 14.5. The third-order valence-electron chi connectivity index (χ3n) is 9.39. The van der Waals surface area contributed by atoms with E-state index in [1.807, 2.05) is 0 Å². The highest BCUT2D eigenvalue weighted by Crippen LogP contribution is 2.47. The van der Waals surface area contributed by atoms with Gasteiger partial charge in [-0.15, -0.1) is 6.58 Å². The Hall–Kier alpha value is -4.47. The normalized spacial score (nSPS) is 25.0. The van der Waals surface area contributed by atoms with Gasteiger partial charge in [0.2, 0.25) is 27.7 Å². The van der Waals surface area contributed by atoms with Crippen molar-refractivity contribution in [3.8, 4) is 11.6 Å². The van der Waals surface area contributed by atoms with Crippen LogP contribution in [0.3, 0.4) is 0 Å². The van der Waals surface area contributed by atoms with E-state index in [1.165, 1.54) is 18.1 Å². The number of aromatic nitrogens is 2. The van der Waals surface area contributed by atoms with Gasteiger partial charge < -0.3 is 30.1 Å². The quantitative estimate of drug-likeness (QED) is 0.252. The van der Waals surface area contributed by atoms with Gasteiger partial charge in [-0.25, -0.2) is 23.2 Å². The van der Waals surface area contributed by atoms with Gasteiger partial charge in [-0.05, 0) is 50.7 Å². The van der Waals surface area contributed by atoms with Crippen molar-refractivity contribution in [2.75, 3.05) is 13.7 Å². The largest absolute Gasteiger partial charge is 0.497 e. The molecule has 0 spiro atoms. The summed E-state index contributed by atoms with van der Waals surface area (Å²) in [5.41, 5.74) is -0.899. The molecule has 4 amide bonds. The number of likely N-dealkylation sites (tertiary alicyclic amines) is 1.